The summed E-state index contributed by atoms with van der Waals surface area (Å²) in [5.74, 6) is 0. The number of piperidine rings is 1. The number of hydrogen-bond acceptors (Lipinski definition) is 4. The van der Waals surface area contributed by atoms with Crippen LogP contribution < -0.4 is 5.32 Å². The van der Waals surface area contributed by atoms with Crippen LogP contribution in [0.4, 0.5) is 0 Å². The molecule has 6 heteroatoms. The Hall–Kier alpha value is -0.170. The first-order chi connectivity index (χ1) is 8.57. The molecule has 1 N–H and O–H groups in total. The van der Waals surface area contributed by atoms with Crippen molar-refractivity contribution < 1.29 is 8.42 Å². The second-order valence-corrected chi connectivity index (χ2v) is 7.38. The molecule has 0 bridgehead atoms. The van der Waals surface area contributed by atoms with Gasteiger partial charge in [0.1, 0.15) is 0 Å². The maximum Gasteiger partial charge on any atom is 0.211 e. The summed E-state index contributed by atoms with van der Waals surface area (Å²) in [6, 6.07) is 0.182. The minimum atomic E-state index is -3.05. The maximum atomic E-state index is 11.7. The van der Waals surface area contributed by atoms with Gasteiger partial charge < -0.3 is 10.2 Å². The van der Waals surface area contributed by atoms with E-state index >= 15 is 0 Å². The Morgan fingerprint density at radius 2 is 1.89 bits per heavy atom. The van der Waals surface area contributed by atoms with Gasteiger partial charge in [-0.2, -0.15) is 4.31 Å². The molecule has 0 aromatic carbocycles. The normalized spacial score (nSPS) is 23.2. The highest BCUT2D eigenvalue weighted by Gasteiger charge is 2.30. The van der Waals surface area contributed by atoms with Crippen molar-refractivity contribution >= 4 is 10.0 Å². The van der Waals surface area contributed by atoms with Gasteiger partial charge in [0, 0.05) is 25.7 Å². The predicted octanol–water partition coefficient (Wildman–Crippen LogP) is 0.0958. The topological polar surface area (TPSA) is 52.7 Å². The molecule has 5 nitrogen and oxygen atoms in total. The van der Waals surface area contributed by atoms with Crippen molar-refractivity contribution in [3.63, 3.8) is 0 Å². The molecule has 0 amide bonds. The van der Waals surface area contributed by atoms with Crippen LogP contribution in [0.3, 0.4) is 0 Å². The highest BCUT2D eigenvalue weighted by molar-refractivity contribution is 7.88. The second-order valence-electron chi connectivity index (χ2n) is 5.44. The van der Waals surface area contributed by atoms with Crippen LogP contribution in [-0.4, -0.2) is 69.2 Å². The van der Waals surface area contributed by atoms with Gasteiger partial charge in [-0.05, 0) is 38.9 Å². The molecule has 2 aliphatic rings. The first kappa shape index (κ1) is 14.2. The lowest BCUT2D eigenvalue weighted by atomic mass is 10.1. The van der Waals surface area contributed by atoms with Crippen LogP contribution >= 0.6 is 0 Å². The van der Waals surface area contributed by atoms with Crippen LogP contribution in [0.2, 0.25) is 0 Å². The van der Waals surface area contributed by atoms with Crippen molar-refractivity contribution in [1.82, 2.24) is 14.5 Å². The third-order valence-corrected chi connectivity index (χ3v) is 5.23. The molecular weight excluding hydrogens is 250 g/mol. The molecule has 2 saturated heterocycles. The zero-order valence-corrected chi connectivity index (χ0v) is 12.1. The van der Waals surface area contributed by atoms with Gasteiger partial charge in [0.05, 0.1) is 6.26 Å². The Balaban J connectivity index is 1.75. The largest absolute Gasteiger partial charge is 0.313 e. The van der Waals surface area contributed by atoms with Gasteiger partial charge in [0.15, 0.2) is 0 Å². The van der Waals surface area contributed by atoms with Crippen molar-refractivity contribution in [2.75, 3.05) is 45.5 Å². The zero-order valence-electron chi connectivity index (χ0n) is 11.3. The quantitative estimate of drug-likeness (QED) is 0.747. The SMILES string of the molecule is CS(=O)(=O)N(CCCN1CCCCC1)C1CNC1. The summed E-state index contributed by atoms with van der Waals surface area (Å²) in [5.41, 5.74) is 0. The van der Waals surface area contributed by atoms with E-state index in [9.17, 15) is 8.42 Å². The third-order valence-electron chi connectivity index (χ3n) is 3.89. The highest BCUT2D eigenvalue weighted by atomic mass is 32.2. The molecule has 0 aliphatic carbocycles. The van der Waals surface area contributed by atoms with Crippen LogP contribution in [0, 0.1) is 0 Å². The van der Waals surface area contributed by atoms with Crippen LogP contribution in [0.25, 0.3) is 0 Å². The Morgan fingerprint density at radius 3 is 2.39 bits per heavy atom. The fourth-order valence-corrected chi connectivity index (χ4v) is 3.88. The second kappa shape index (κ2) is 6.32. The molecule has 0 atom stereocenters. The van der Waals surface area contributed by atoms with E-state index in [0.29, 0.717) is 6.54 Å². The summed E-state index contributed by atoms with van der Waals surface area (Å²) in [6.07, 6.45) is 6.21. The molecule has 0 aromatic rings. The molecule has 106 valence electrons. The monoisotopic (exact) mass is 275 g/mol. The van der Waals surface area contributed by atoms with Crippen LogP contribution in [0.15, 0.2) is 0 Å². The average Bonchev–Trinajstić information content (AvgIpc) is 2.25. The summed E-state index contributed by atoms with van der Waals surface area (Å²) in [4.78, 5) is 2.46. The number of sulfonamides is 1. The van der Waals surface area contributed by atoms with E-state index < -0.39 is 10.0 Å². The van der Waals surface area contributed by atoms with Crippen molar-refractivity contribution in [2.45, 2.75) is 31.7 Å². The Bertz CT molecular complexity index is 348. The number of rotatable bonds is 6. The Labute approximate surface area is 111 Å². The van der Waals surface area contributed by atoms with Gasteiger partial charge in [-0.3, -0.25) is 0 Å². The van der Waals surface area contributed by atoms with Gasteiger partial charge in [0.2, 0.25) is 10.0 Å². The van der Waals surface area contributed by atoms with Crippen LogP contribution in [0.5, 0.6) is 0 Å². The van der Waals surface area contributed by atoms with Gasteiger partial charge in [-0.15, -0.1) is 0 Å². The molecule has 18 heavy (non-hydrogen) atoms. The number of likely N-dealkylation sites (tertiary alicyclic amines) is 1. The lowest BCUT2D eigenvalue weighted by molar-refractivity contribution is 0.200. The summed E-state index contributed by atoms with van der Waals surface area (Å²) in [7, 11) is -3.05. The molecule has 2 rings (SSSR count). The summed E-state index contributed by atoms with van der Waals surface area (Å²) >= 11 is 0. The summed E-state index contributed by atoms with van der Waals surface area (Å²) in [5, 5.41) is 3.14. The number of nitrogens with one attached hydrogen (secondary N) is 1. The van der Waals surface area contributed by atoms with Crippen molar-refractivity contribution in [2.24, 2.45) is 0 Å². The smallest absolute Gasteiger partial charge is 0.211 e. The van der Waals surface area contributed by atoms with E-state index in [1.165, 1.54) is 38.6 Å². The standard InChI is InChI=1S/C12H25N3O2S/c1-18(16,17)15(12-10-13-11-12)9-5-8-14-6-3-2-4-7-14/h12-13H,2-11H2,1H3. The van der Waals surface area contributed by atoms with Gasteiger partial charge in [-0.1, -0.05) is 6.42 Å². The minimum absolute atomic E-state index is 0.182. The van der Waals surface area contributed by atoms with Gasteiger partial charge >= 0.3 is 0 Å². The van der Waals surface area contributed by atoms with Crippen molar-refractivity contribution in [3.05, 3.63) is 0 Å². The molecule has 2 heterocycles. The fraction of sp³-hybridized carbons (Fsp3) is 1.00. The Kier molecular flexibility index (Phi) is 5.00. The maximum absolute atomic E-state index is 11.7. The summed E-state index contributed by atoms with van der Waals surface area (Å²) < 4.78 is 25.1. The van der Waals surface area contributed by atoms with Crippen LogP contribution in [-0.2, 0) is 10.0 Å². The molecule has 2 aliphatic heterocycles. The molecule has 0 saturated carbocycles. The van der Waals surface area contributed by atoms with Crippen molar-refractivity contribution in [3.8, 4) is 0 Å². The molecule has 0 spiro atoms. The molecule has 0 radical (unpaired) electrons. The van der Waals surface area contributed by atoms with E-state index in [4.69, 9.17) is 0 Å². The van der Waals surface area contributed by atoms with Gasteiger partial charge in [-0.25, -0.2) is 8.42 Å². The van der Waals surface area contributed by atoms with Crippen molar-refractivity contribution in [1.29, 1.82) is 0 Å². The fourth-order valence-electron chi connectivity index (χ4n) is 2.73. The number of hydrogen-bond donors (Lipinski definition) is 1. The van der Waals surface area contributed by atoms with E-state index in [2.05, 4.69) is 10.2 Å². The van der Waals surface area contributed by atoms with E-state index in [-0.39, 0.29) is 6.04 Å². The predicted molar refractivity (Wildman–Crippen MR) is 73.1 cm³/mol. The molecule has 0 aromatic heterocycles. The first-order valence-corrected chi connectivity index (χ1v) is 8.82. The lowest BCUT2D eigenvalue weighted by Crippen LogP contribution is -2.58. The van der Waals surface area contributed by atoms with E-state index in [1.807, 2.05) is 0 Å². The number of nitrogens with zero attached hydrogens (tertiary/aromatic N) is 2. The van der Waals surface area contributed by atoms with Crippen LogP contribution in [0.1, 0.15) is 25.7 Å². The zero-order chi connectivity index (χ0) is 13.0. The molecule has 2 fully saturated rings. The summed E-state index contributed by atoms with van der Waals surface area (Å²) in [6.45, 7) is 5.68. The molecule has 0 unspecified atom stereocenters. The third kappa shape index (κ3) is 3.91. The molecular formula is C12H25N3O2S. The lowest BCUT2D eigenvalue weighted by Gasteiger charge is -2.37. The average molecular weight is 275 g/mol. The van der Waals surface area contributed by atoms with E-state index in [1.54, 1.807) is 4.31 Å². The first-order valence-electron chi connectivity index (χ1n) is 6.97. The highest BCUT2D eigenvalue weighted by Crippen LogP contribution is 2.13. The van der Waals surface area contributed by atoms with Gasteiger partial charge in [0.25, 0.3) is 0 Å². The Morgan fingerprint density at radius 1 is 1.22 bits per heavy atom. The minimum Gasteiger partial charge on any atom is -0.313 e. The van der Waals surface area contributed by atoms with E-state index in [0.717, 1.165) is 26.1 Å².